The number of aromatic nitrogens is 3. The molecule has 0 aliphatic carbocycles. The SMILES string of the molecule is CC(C)N1CCC(NC(=O)Oc2cc(C(=O)N3CC(O)C3)nn2Cc2cc(-c3ccc(Cl)s3)on2)CC1. The van der Waals surface area contributed by atoms with E-state index < -0.39 is 12.2 Å². The third-order valence-electron chi connectivity index (χ3n) is 6.58. The molecule has 0 bridgehead atoms. The Morgan fingerprint density at radius 1 is 1.27 bits per heavy atom. The van der Waals surface area contributed by atoms with Crippen LogP contribution in [0.5, 0.6) is 5.88 Å². The Labute approximate surface area is 222 Å². The number of thiophene rings is 1. The van der Waals surface area contributed by atoms with Crippen molar-refractivity contribution < 1.29 is 24.0 Å². The molecule has 3 aromatic rings. The Kier molecular flexibility index (Phi) is 7.52. The molecule has 0 atom stereocenters. The van der Waals surface area contributed by atoms with Gasteiger partial charge in [0.25, 0.3) is 5.91 Å². The smallest absolute Gasteiger partial charge is 0.391 e. The van der Waals surface area contributed by atoms with Crippen molar-refractivity contribution in [3.63, 3.8) is 0 Å². The minimum atomic E-state index is -0.600. The second-order valence-electron chi connectivity index (χ2n) is 9.61. The number of carbonyl (C=O) groups excluding carboxylic acids is 2. The molecule has 5 heterocycles. The van der Waals surface area contributed by atoms with E-state index in [-0.39, 0.29) is 43.2 Å². The first-order valence-electron chi connectivity index (χ1n) is 12.2. The number of halogens is 1. The lowest BCUT2D eigenvalue weighted by Gasteiger charge is -2.35. The summed E-state index contributed by atoms with van der Waals surface area (Å²) in [5.74, 6) is 0.326. The molecule has 0 saturated carbocycles. The van der Waals surface area contributed by atoms with Gasteiger partial charge in [-0.1, -0.05) is 16.8 Å². The second-order valence-corrected chi connectivity index (χ2v) is 11.3. The molecule has 2 amide bonds. The van der Waals surface area contributed by atoms with E-state index in [1.54, 1.807) is 12.1 Å². The van der Waals surface area contributed by atoms with Crippen LogP contribution in [0.2, 0.25) is 4.34 Å². The van der Waals surface area contributed by atoms with Crippen molar-refractivity contribution in [1.82, 2.24) is 30.1 Å². The zero-order valence-electron chi connectivity index (χ0n) is 20.6. The highest BCUT2D eigenvalue weighted by molar-refractivity contribution is 7.19. The van der Waals surface area contributed by atoms with Gasteiger partial charge in [-0.3, -0.25) is 4.79 Å². The number of hydrogen-bond acceptors (Lipinski definition) is 9. The number of nitrogens with zero attached hydrogens (tertiary/aromatic N) is 5. The van der Waals surface area contributed by atoms with Crippen LogP contribution in [0.15, 0.2) is 28.8 Å². The fourth-order valence-corrected chi connectivity index (χ4v) is 5.43. The van der Waals surface area contributed by atoms with Crippen LogP contribution < -0.4 is 10.1 Å². The molecule has 0 spiro atoms. The fraction of sp³-hybridized carbons (Fsp3) is 0.500. The first-order valence-corrected chi connectivity index (χ1v) is 13.4. The molecule has 13 heteroatoms. The number of hydrogen-bond donors (Lipinski definition) is 2. The van der Waals surface area contributed by atoms with Gasteiger partial charge in [0.1, 0.15) is 5.69 Å². The average molecular weight is 549 g/mol. The van der Waals surface area contributed by atoms with Crippen molar-refractivity contribution in [1.29, 1.82) is 0 Å². The molecule has 3 aromatic heterocycles. The van der Waals surface area contributed by atoms with E-state index in [0.29, 0.717) is 21.8 Å². The summed E-state index contributed by atoms with van der Waals surface area (Å²) >= 11 is 7.39. The molecule has 2 saturated heterocycles. The van der Waals surface area contributed by atoms with Crippen molar-refractivity contribution in [2.45, 2.75) is 51.4 Å². The van der Waals surface area contributed by atoms with Crippen molar-refractivity contribution in [2.75, 3.05) is 26.2 Å². The molecule has 37 heavy (non-hydrogen) atoms. The number of rotatable bonds is 7. The number of aliphatic hydroxyl groups excluding tert-OH is 1. The summed E-state index contributed by atoms with van der Waals surface area (Å²) in [6.07, 6.45) is 0.537. The molecule has 5 rings (SSSR count). The molecule has 2 aliphatic rings. The van der Waals surface area contributed by atoms with E-state index in [4.69, 9.17) is 20.9 Å². The fourth-order valence-electron chi connectivity index (χ4n) is 4.44. The van der Waals surface area contributed by atoms with E-state index >= 15 is 0 Å². The molecule has 2 aliphatic heterocycles. The Morgan fingerprint density at radius 2 is 2.03 bits per heavy atom. The minimum absolute atomic E-state index is 0.0123. The van der Waals surface area contributed by atoms with E-state index in [2.05, 4.69) is 34.3 Å². The second kappa shape index (κ2) is 10.8. The minimum Gasteiger partial charge on any atom is -0.391 e. The van der Waals surface area contributed by atoms with E-state index in [1.807, 2.05) is 6.07 Å². The Balaban J connectivity index is 1.29. The van der Waals surface area contributed by atoms with Crippen LogP contribution in [0, 0.1) is 0 Å². The van der Waals surface area contributed by atoms with Crippen molar-refractivity contribution in [3.8, 4) is 16.5 Å². The van der Waals surface area contributed by atoms with E-state index in [0.717, 1.165) is 30.8 Å². The maximum Gasteiger partial charge on any atom is 0.414 e. The molecule has 198 valence electrons. The molecular weight excluding hydrogens is 520 g/mol. The standard InChI is InChI=1S/C24H29ClN6O5S/c1-14(2)29-7-5-15(6-8-29)26-24(34)35-22-10-18(23(33)30-12-17(32)13-30)27-31(22)11-16-9-19(36-28-16)20-3-4-21(25)37-20/h3-4,9-10,14-15,17,32H,5-8,11-13H2,1-2H3,(H,26,34). The number of amides is 2. The van der Waals surface area contributed by atoms with Gasteiger partial charge in [-0.05, 0) is 38.8 Å². The number of nitrogens with one attached hydrogen (secondary N) is 1. The van der Waals surface area contributed by atoms with E-state index in [1.165, 1.54) is 27.0 Å². The quantitative estimate of drug-likeness (QED) is 0.461. The summed E-state index contributed by atoms with van der Waals surface area (Å²) in [4.78, 5) is 30.2. The normalized spacial score (nSPS) is 17.3. The van der Waals surface area contributed by atoms with Gasteiger partial charge >= 0.3 is 6.09 Å². The van der Waals surface area contributed by atoms with Crippen LogP contribution in [0.3, 0.4) is 0 Å². The Hall–Kier alpha value is -2.93. The van der Waals surface area contributed by atoms with Gasteiger partial charge in [0.15, 0.2) is 11.5 Å². The molecule has 11 nitrogen and oxygen atoms in total. The van der Waals surface area contributed by atoms with Gasteiger partial charge in [0.2, 0.25) is 5.88 Å². The lowest BCUT2D eigenvalue weighted by molar-refractivity contribution is 0.00545. The van der Waals surface area contributed by atoms with Crippen LogP contribution in [0.25, 0.3) is 10.6 Å². The topological polar surface area (TPSA) is 126 Å². The lowest BCUT2D eigenvalue weighted by Crippen LogP contribution is -2.53. The highest BCUT2D eigenvalue weighted by atomic mass is 35.5. The molecule has 2 fully saturated rings. The predicted molar refractivity (Wildman–Crippen MR) is 137 cm³/mol. The van der Waals surface area contributed by atoms with Gasteiger partial charge < -0.3 is 29.5 Å². The first-order chi connectivity index (χ1) is 17.7. The summed E-state index contributed by atoms with van der Waals surface area (Å²) in [7, 11) is 0. The third kappa shape index (κ3) is 5.98. The summed E-state index contributed by atoms with van der Waals surface area (Å²) in [5, 5.41) is 21.0. The number of piperidine rings is 1. The van der Waals surface area contributed by atoms with Crippen LogP contribution in [-0.2, 0) is 6.54 Å². The van der Waals surface area contributed by atoms with Gasteiger partial charge in [0, 0.05) is 50.4 Å². The molecule has 0 aromatic carbocycles. The van der Waals surface area contributed by atoms with Crippen LogP contribution in [-0.4, -0.2) is 86.2 Å². The van der Waals surface area contributed by atoms with Crippen LogP contribution >= 0.6 is 22.9 Å². The largest absolute Gasteiger partial charge is 0.414 e. The van der Waals surface area contributed by atoms with Crippen molar-refractivity contribution in [3.05, 3.63) is 40.0 Å². The van der Waals surface area contributed by atoms with Crippen molar-refractivity contribution >= 4 is 34.9 Å². The van der Waals surface area contributed by atoms with Gasteiger partial charge in [-0.25, -0.2) is 9.48 Å². The van der Waals surface area contributed by atoms with Gasteiger partial charge in [-0.15, -0.1) is 11.3 Å². The zero-order chi connectivity index (χ0) is 26.1. The maximum absolute atomic E-state index is 12.8. The van der Waals surface area contributed by atoms with Gasteiger partial charge in [-0.2, -0.15) is 5.10 Å². The Bertz CT molecular complexity index is 1260. The molecular formula is C24H29ClN6O5S. The molecule has 2 N–H and O–H groups in total. The first kappa shape index (κ1) is 25.7. The summed E-state index contributed by atoms with van der Waals surface area (Å²) in [6, 6.07) is 7.29. The average Bonchev–Trinajstić information content (AvgIpc) is 3.58. The highest BCUT2D eigenvalue weighted by Crippen LogP contribution is 2.31. The number of aliphatic hydroxyl groups is 1. The van der Waals surface area contributed by atoms with Crippen LogP contribution in [0.1, 0.15) is 42.9 Å². The van der Waals surface area contributed by atoms with Crippen molar-refractivity contribution in [2.24, 2.45) is 0 Å². The highest BCUT2D eigenvalue weighted by Gasteiger charge is 2.32. The number of carbonyl (C=O) groups is 2. The maximum atomic E-state index is 12.8. The number of β-amino-alcohol motifs (C(OH)–C–C–N with tert-alkyl or cyclic N) is 1. The zero-order valence-corrected chi connectivity index (χ0v) is 22.2. The van der Waals surface area contributed by atoms with Gasteiger partial charge in [0.05, 0.1) is 21.9 Å². The lowest BCUT2D eigenvalue weighted by atomic mass is 10.0. The summed E-state index contributed by atoms with van der Waals surface area (Å²) in [6.45, 7) is 6.75. The summed E-state index contributed by atoms with van der Waals surface area (Å²) in [5.41, 5.74) is 0.654. The summed E-state index contributed by atoms with van der Waals surface area (Å²) < 4.78 is 13.1. The Morgan fingerprint density at radius 3 is 2.68 bits per heavy atom. The molecule has 0 unspecified atom stereocenters. The molecule has 0 radical (unpaired) electrons. The monoisotopic (exact) mass is 548 g/mol. The predicted octanol–water partition coefficient (Wildman–Crippen LogP) is 3.08. The van der Waals surface area contributed by atoms with E-state index in [9.17, 15) is 14.7 Å². The number of ether oxygens (including phenoxy) is 1. The number of likely N-dealkylation sites (tertiary alicyclic amines) is 2. The third-order valence-corrected chi connectivity index (χ3v) is 7.82. The van der Waals surface area contributed by atoms with Crippen LogP contribution in [0.4, 0.5) is 4.79 Å².